The fourth-order valence-corrected chi connectivity index (χ4v) is 2.52. The molecule has 0 spiro atoms. The number of halogens is 1. The van der Waals surface area contributed by atoms with Gasteiger partial charge in [-0.15, -0.1) is 0 Å². The zero-order valence-corrected chi connectivity index (χ0v) is 9.01. The number of rotatable bonds is 3. The quantitative estimate of drug-likeness (QED) is 0.598. The fraction of sp³-hybridized carbons (Fsp3) is 0.545. The number of ether oxygens (including phenoxy) is 1. The second kappa shape index (κ2) is 3.65. The van der Waals surface area contributed by atoms with Crippen molar-refractivity contribution in [1.82, 2.24) is 4.98 Å². The Morgan fingerprint density at radius 2 is 2.12 bits per heavy atom. The number of hydrogen-bond donors (Lipinski definition) is 0. The Bertz CT molecular complexity index is 470. The largest absolute Gasteiger partial charge is 0.472 e. The van der Waals surface area contributed by atoms with E-state index in [0.717, 1.165) is 36.9 Å². The number of aromatic nitrogens is 1. The van der Waals surface area contributed by atoms with Crippen LogP contribution in [0.5, 0.6) is 5.88 Å². The maximum atomic E-state index is 13.5. The van der Waals surface area contributed by atoms with Crippen LogP contribution in [0.3, 0.4) is 0 Å². The minimum absolute atomic E-state index is 0.0159. The molecule has 1 aromatic rings. The third-order valence-corrected chi connectivity index (χ3v) is 3.48. The van der Waals surface area contributed by atoms with E-state index >= 15 is 0 Å². The normalized spacial score (nSPS) is 29.8. The highest BCUT2D eigenvalue weighted by Crippen LogP contribution is 2.52. The summed E-state index contributed by atoms with van der Waals surface area (Å²) in [6, 6.07) is 0.845. The molecule has 17 heavy (non-hydrogen) atoms. The molecule has 0 N–H and O–H groups in total. The van der Waals surface area contributed by atoms with Crippen molar-refractivity contribution in [2.24, 2.45) is 11.8 Å². The monoisotopic (exact) mass is 238 g/mol. The fourth-order valence-electron chi connectivity index (χ4n) is 2.52. The van der Waals surface area contributed by atoms with E-state index in [2.05, 4.69) is 4.98 Å². The second-order valence-corrected chi connectivity index (χ2v) is 4.70. The Morgan fingerprint density at radius 1 is 1.41 bits per heavy atom. The molecule has 0 bridgehead atoms. The first-order chi connectivity index (χ1) is 8.13. The summed E-state index contributed by atoms with van der Waals surface area (Å²) < 4.78 is 18.9. The van der Waals surface area contributed by atoms with Crippen molar-refractivity contribution in [3.63, 3.8) is 0 Å². The summed E-state index contributed by atoms with van der Waals surface area (Å²) in [4.78, 5) is 13.4. The molecule has 2 aliphatic carbocycles. The van der Waals surface area contributed by atoms with Gasteiger partial charge in [0.05, 0.1) is 11.0 Å². The van der Waals surface area contributed by atoms with Gasteiger partial charge in [0.25, 0.3) is 11.6 Å². The van der Waals surface area contributed by atoms with Gasteiger partial charge in [0, 0.05) is 0 Å². The molecule has 0 aromatic carbocycles. The molecular formula is C11H11FN2O3. The lowest BCUT2D eigenvalue weighted by atomic mass is 10.2. The first kappa shape index (κ1) is 10.4. The molecular weight excluding hydrogens is 227 g/mol. The Morgan fingerprint density at radius 3 is 2.71 bits per heavy atom. The molecule has 2 aliphatic rings. The zero-order chi connectivity index (χ0) is 12.0. The van der Waals surface area contributed by atoms with Gasteiger partial charge >= 0.3 is 0 Å². The van der Waals surface area contributed by atoms with Gasteiger partial charge in [-0.1, -0.05) is 0 Å². The molecule has 1 heterocycles. The van der Waals surface area contributed by atoms with Crippen LogP contribution < -0.4 is 4.74 Å². The molecule has 3 atom stereocenters. The van der Waals surface area contributed by atoms with Crippen molar-refractivity contribution in [2.45, 2.75) is 25.4 Å². The van der Waals surface area contributed by atoms with Gasteiger partial charge in [-0.2, -0.15) is 0 Å². The van der Waals surface area contributed by atoms with E-state index in [9.17, 15) is 14.5 Å². The molecule has 2 fully saturated rings. The molecule has 3 rings (SSSR count). The van der Waals surface area contributed by atoms with E-state index < -0.39 is 10.7 Å². The van der Waals surface area contributed by atoms with E-state index in [0.29, 0.717) is 0 Å². The average Bonchev–Trinajstić information content (AvgIpc) is 2.89. The number of nitro groups is 1. The van der Waals surface area contributed by atoms with Crippen LogP contribution in [-0.4, -0.2) is 16.0 Å². The Kier molecular flexibility index (Phi) is 2.24. The first-order valence-electron chi connectivity index (χ1n) is 5.60. The molecule has 0 saturated heterocycles. The Labute approximate surface area is 96.8 Å². The highest BCUT2D eigenvalue weighted by molar-refractivity contribution is 5.30. The maximum absolute atomic E-state index is 13.5. The van der Waals surface area contributed by atoms with Crippen molar-refractivity contribution in [2.75, 3.05) is 0 Å². The molecule has 0 aliphatic heterocycles. The third kappa shape index (κ3) is 1.94. The van der Waals surface area contributed by atoms with Gasteiger partial charge in [-0.3, -0.25) is 10.1 Å². The zero-order valence-electron chi connectivity index (χ0n) is 9.01. The lowest BCUT2D eigenvalue weighted by molar-refractivity contribution is -0.385. The Balaban J connectivity index is 1.72. The lowest BCUT2D eigenvalue weighted by Gasteiger charge is -2.14. The smallest absolute Gasteiger partial charge is 0.290 e. The second-order valence-electron chi connectivity index (χ2n) is 4.70. The van der Waals surface area contributed by atoms with Gasteiger partial charge in [-0.05, 0) is 31.1 Å². The summed E-state index contributed by atoms with van der Waals surface area (Å²) in [5.41, 5.74) is -0.357. The molecule has 0 radical (unpaired) electrons. The van der Waals surface area contributed by atoms with Crippen LogP contribution in [-0.2, 0) is 0 Å². The maximum Gasteiger partial charge on any atom is 0.290 e. The molecule has 6 heteroatoms. The van der Waals surface area contributed by atoms with Gasteiger partial charge in [-0.25, -0.2) is 9.37 Å². The summed E-state index contributed by atoms with van der Waals surface area (Å²) in [5, 5.41) is 10.4. The first-order valence-corrected chi connectivity index (χ1v) is 5.60. The van der Waals surface area contributed by atoms with Crippen molar-refractivity contribution in [3.8, 4) is 5.88 Å². The predicted octanol–water partition coefficient (Wildman–Crippen LogP) is 2.31. The van der Waals surface area contributed by atoms with Crippen LogP contribution in [0.15, 0.2) is 12.3 Å². The van der Waals surface area contributed by atoms with Crippen LogP contribution >= 0.6 is 0 Å². The Hall–Kier alpha value is -1.72. The van der Waals surface area contributed by atoms with Crippen LogP contribution in [0.1, 0.15) is 19.3 Å². The third-order valence-electron chi connectivity index (χ3n) is 3.48. The van der Waals surface area contributed by atoms with Crippen molar-refractivity contribution in [1.29, 1.82) is 0 Å². The van der Waals surface area contributed by atoms with Crippen LogP contribution in [0.25, 0.3) is 0 Å². The minimum Gasteiger partial charge on any atom is -0.472 e. The molecule has 1 aromatic heterocycles. The van der Waals surface area contributed by atoms with Gasteiger partial charge in [0.2, 0.25) is 0 Å². The number of pyridine rings is 1. The molecule has 2 saturated carbocycles. The van der Waals surface area contributed by atoms with E-state index in [1.807, 2.05) is 0 Å². The molecule has 2 unspecified atom stereocenters. The standard InChI is InChI=1S/C11H11FN2O3/c12-10-4-8(14(15)16)5-13-11(10)17-9-2-6-1-7(6)3-9/h4-7,9H,1-3H2/t6-,7?,9?/m0/s1. The molecule has 90 valence electrons. The summed E-state index contributed by atoms with van der Waals surface area (Å²) >= 11 is 0. The number of hydrogen-bond acceptors (Lipinski definition) is 4. The SMILES string of the molecule is O=[N+]([O-])c1cnc(OC2CC3C[C@H]3C2)c(F)c1. The van der Waals surface area contributed by atoms with E-state index in [4.69, 9.17) is 4.74 Å². The minimum atomic E-state index is -0.764. The topological polar surface area (TPSA) is 65.3 Å². The van der Waals surface area contributed by atoms with E-state index in [1.165, 1.54) is 6.42 Å². The molecule has 0 amide bonds. The van der Waals surface area contributed by atoms with Crippen LogP contribution in [0, 0.1) is 27.8 Å². The lowest BCUT2D eigenvalue weighted by Crippen LogP contribution is -2.15. The van der Waals surface area contributed by atoms with Gasteiger partial charge < -0.3 is 4.74 Å². The van der Waals surface area contributed by atoms with Crippen LogP contribution in [0.2, 0.25) is 0 Å². The predicted molar refractivity (Wildman–Crippen MR) is 56.1 cm³/mol. The average molecular weight is 238 g/mol. The van der Waals surface area contributed by atoms with Gasteiger partial charge in [0.15, 0.2) is 5.82 Å². The number of fused-ring (bicyclic) bond motifs is 1. The highest BCUT2D eigenvalue weighted by atomic mass is 19.1. The van der Waals surface area contributed by atoms with Crippen molar-refractivity contribution < 1.29 is 14.1 Å². The summed E-state index contributed by atoms with van der Waals surface area (Å²) in [6.45, 7) is 0. The molecule has 5 nitrogen and oxygen atoms in total. The van der Waals surface area contributed by atoms with Crippen LogP contribution in [0.4, 0.5) is 10.1 Å². The summed E-state index contributed by atoms with van der Waals surface area (Å²) in [5.74, 6) is 0.587. The summed E-state index contributed by atoms with van der Waals surface area (Å²) in [7, 11) is 0. The van der Waals surface area contributed by atoms with Crippen molar-refractivity contribution >= 4 is 5.69 Å². The van der Waals surface area contributed by atoms with Crippen molar-refractivity contribution in [3.05, 3.63) is 28.2 Å². The highest BCUT2D eigenvalue weighted by Gasteiger charge is 2.47. The van der Waals surface area contributed by atoms with E-state index in [-0.39, 0.29) is 17.7 Å². The van der Waals surface area contributed by atoms with E-state index in [1.54, 1.807) is 0 Å². The van der Waals surface area contributed by atoms with Gasteiger partial charge in [0.1, 0.15) is 12.3 Å². The number of nitrogens with zero attached hydrogens (tertiary/aromatic N) is 2. The summed E-state index contributed by atoms with van der Waals surface area (Å²) in [6.07, 6.45) is 4.19.